The summed E-state index contributed by atoms with van der Waals surface area (Å²) in [5, 5.41) is 12.7. The Morgan fingerprint density at radius 2 is 2.00 bits per heavy atom. The summed E-state index contributed by atoms with van der Waals surface area (Å²) in [5.74, 6) is 1.10. The van der Waals surface area contributed by atoms with Crippen LogP contribution in [0.15, 0.2) is 6.07 Å². The fourth-order valence-corrected chi connectivity index (χ4v) is 1.77. The highest BCUT2D eigenvalue weighted by atomic mass is 16.5. The van der Waals surface area contributed by atoms with E-state index in [0.29, 0.717) is 18.4 Å². The van der Waals surface area contributed by atoms with Crippen molar-refractivity contribution < 1.29 is 9.84 Å². The molecule has 0 saturated heterocycles. The molecular weight excluding hydrogens is 230 g/mol. The number of aryl methyl sites for hydroxylation is 1. The Morgan fingerprint density at radius 1 is 1.33 bits per heavy atom. The van der Waals surface area contributed by atoms with Crippen molar-refractivity contribution in [1.82, 2.24) is 9.97 Å². The highest BCUT2D eigenvalue weighted by molar-refractivity contribution is 5.30. The minimum atomic E-state index is -0.111. The van der Waals surface area contributed by atoms with E-state index in [1.165, 1.54) is 0 Å². The average molecular weight is 253 g/mol. The smallest absolute Gasteiger partial charge is 0.226 e. The van der Waals surface area contributed by atoms with Gasteiger partial charge in [0.1, 0.15) is 0 Å². The predicted octanol–water partition coefficient (Wildman–Crippen LogP) is 2.00. The van der Waals surface area contributed by atoms with Crippen LogP contribution in [0.5, 0.6) is 5.88 Å². The van der Waals surface area contributed by atoms with Crippen molar-refractivity contribution >= 4 is 5.95 Å². The lowest BCUT2D eigenvalue weighted by Crippen LogP contribution is -2.32. The van der Waals surface area contributed by atoms with Crippen molar-refractivity contribution in [2.24, 2.45) is 5.41 Å². The first-order valence-corrected chi connectivity index (χ1v) is 6.33. The standard InChI is InChI=1S/C13H23N3O2/c1-5-13(6-2,9-17)8-14-12-15-10(3)7-11(16-12)18-4/h7,17H,5-6,8-9H2,1-4H3,(H,14,15,16). The molecule has 1 aromatic heterocycles. The van der Waals surface area contributed by atoms with Gasteiger partial charge in [-0.25, -0.2) is 4.98 Å². The number of nitrogens with zero attached hydrogens (tertiary/aromatic N) is 2. The Bertz CT molecular complexity index is 370. The number of aromatic nitrogens is 2. The summed E-state index contributed by atoms with van der Waals surface area (Å²) in [7, 11) is 1.58. The van der Waals surface area contributed by atoms with Crippen molar-refractivity contribution in [2.75, 3.05) is 25.6 Å². The van der Waals surface area contributed by atoms with Gasteiger partial charge in [-0.05, 0) is 19.8 Å². The van der Waals surface area contributed by atoms with Crippen molar-refractivity contribution in [3.8, 4) is 5.88 Å². The zero-order valence-electron chi connectivity index (χ0n) is 11.7. The molecule has 0 aliphatic carbocycles. The second-order valence-corrected chi connectivity index (χ2v) is 4.59. The molecule has 0 aromatic carbocycles. The lowest BCUT2D eigenvalue weighted by atomic mass is 9.83. The first-order chi connectivity index (χ1) is 8.59. The van der Waals surface area contributed by atoms with Crippen LogP contribution in [0.25, 0.3) is 0 Å². The third-order valence-corrected chi connectivity index (χ3v) is 3.50. The van der Waals surface area contributed by atoms with Gasteiger partial charge in [0.25, 0.3) is 0 Å². The molecule has 0 saturated carbocycles. The Balaban J connectivity index is 2.76. The normalized spacial score (nSPS) is 11.4. The summed E-state index contributed by atoms with van der Waals surface area (Å²) in [4.78, 5) is 8.54. The summed E-state index contributed by atoms with van der Waals surface area (Å²) in [6.07, 6.45) is 1.83. The third-order valence-electron chi connectivity index (χ3n) is 3.50. The van der Waals surface area contributed by atoms with Gasteiger partial charge in [-0.1, -0.05) is 13.8 Å². The maximum absolute atomic E-state index is 9.50. The van der Waals surface area contributed by atoms with E-state index in [4.69, 9.17) is 4.74 Å². The fourth-order valence-electron chi connectivity index (χ4n) is 1.77. The van der Waals surface area contributed by atoms with Crippen molar-refractivity contribution in [1.29, 1.82) is 0 Å². The van der Waals surface area contributed by atoms with Crippen molar-refractivity contribution in [3.05, 3.63) is 11.8 Å². The number of anilines is 1. The van der Waals surface area contributed by atoms with E-state index in [1.54, 1.807) is 13.2 Å². The zero-order chi connectivity index (χ0) is 13.6. The van der Waals surface area contributed by atoms with E-state index in [9.17, 15) is 5.11 Å². The number of aliphatic hydroxyl groups is 1. The van der Waals surface area contributed by atoms with Gasteiger partial charge in [0.2, 0.25) is 11.8 Å². The number of hydrogen-bond acceptors (Lipinski definition) is 5. The maximum Gasteiger partial charge on any atom is 0.226 e. The van der Waals surface area contributed by atoms with Crippen LogP contribution in [-0.4, -0.2) is 35.3 Å². The Hall–Kier alpha value is -1.36. The van der Waals surface area contributed by atoms with Gasteiger partial charge in [0, 0.05) is 23.7 Å². The summed E-state index contributed by atoms with van der Waals surface area (Å²) in [6, 6.07) is 1.78. The molecule has 0 fully saturated rings. The minimum absolute atomic E-state index is 0.111. The zero-order valence-corrected chi connectivity index (χ0v) is 11.7. The van der Waals surface area contributed by atoms with Gasteiger partial charge in [0.05, 0.1) is 13.7 Å². The number of ether oxygens (including phenoxy) is 1. The molecule has 1 heterocycles. The van der Waals surface area contributed by atoms with Crippen LogP contribution in [0, 0.1) is 12.3 Å². The van der Waals surface area contributed by atoms with E-state index in [1.807, 2.05) is 6.92 Å². The summed E-state index contributed by atoms with van der Waals surface area (Å²) < 4.78 is 5.11. The number of aliphatic hydroxyl groups excluding tert-OH is 1. The number of hydrogen-bond donors (Lipinski definition) is 2. The number of rotatable bonds is 7. The molecule has 0 amide bonds. The Kier molecular flexibility index (Phi) is 5.34. The molecule has 18 heavy (non-hydrogen) atoms. The van der Waals surface area contributed by atoms with Gasteiger partial charge in [0.15, 0.2) is 0 Å². The molecule has 0 spiro atoms. The first-order valence-electron chi connectivity index (χ1n) is 6.33. The molecule has 1 rings (SSSR count). The number of nitrogens with one attached hydrogen (secondary N) is 1. The molecule has 2 N–H and O–H groups in total. The minimum Gasteiger partial charge on any atom is -0.481 e. The summed E-state index contributed by atoms with van der Waals surface area (Å²) in [5.41, 5.74) is 0.743. The SMILES string of the molecule is CCC(CC)(CO)CNc1nc(C)cc(OC)n1. The van der Waals surface area contributed by atoms with Gasteiger partial charge < -0.3 is 15.2 Å². The van der Waals surface area contributed by atoms with Crippen molar-refractivity contribution in [3.63, 3.8) is 0 Å². The van der Waals surface area contributed by atoms with E-state index >= 15 is 0 Å². The second kappa shape index (κ2) is 6.54. The van der Waals surface area contributed by atoms with Gasteiger partial charge in [-0.15, -0.1) is 0 Å². The van der Waals surface area contributed by atoms with Gasteiger partial charge in [-0.3, -0.25) is 0 Å². The van der Waals surface area contributed by atoms with E-state index in [-0.39, 0.29) is 12.0 Å². The Morgan fingerprint density at radius 3 is 2.50 bits per heavy atom. The lowest BCUT2D eigenvalue weighted by Gasteiger charge is -2.29. The number of methoxy groups -OCH3 is 1. The third kappa shape index (κ3) is 3.57. The molecule has 102 valence electrons. The molecule has 0 unspecified atom stereocenters. The first kappa shape index (κ1) is 14.7. The highest BCUT2D eigenvalue weighted by Gasteiger charge is 2.25. The Labute approximate surface area is 109 Å². The molecule has 0 bridgehead atoms. The summed E-state index contributed by atoms with van der Waals surface area (Å²) >= 11 is 0. The van der Waals surface area contributed by atoms with Crippen LogP contribution in [0.3, 0.4) is 0 Å². The van der Waals surface area contributed by atoms with E-state index in [0.717, 1.165) is 18.5 Å². The molecule has 0 aliphatic heterocycles. The molecular formula is C13H23N3O2. The molecule has 0 atom stereocenters. The molecule has 1 aromatic rings. The molecule has 0 radical (unpaired) electrons. The monoisotopic (exact) mass is 253 g/mol. The van der Waals surface area contributed by atoms with Crippen LogP contribution in [0.4, 0.5) is 5.95 Å². The van der Waals surface area contributed by atoms with Crippen LogP contribution in [0.2, 0.25) is 0 Å². The molecule has 5 nitrogen and oxygen atoms in total. The van der Waals surface area contributed by atoms with Crippen LogP contribution in [0.1, 0.15) is 32.4 Å². The average Bonchev–Trinajstić information content (AvgIpc) is 2.40. The topological polar surface area (TPSA) is 67.3 Å². The summed E-state index contributed by atoms with van der Waals surface area (Å²) in [6.45, 7) is 6.88. The quantitative estimate of drug-likeness (QED) is 0.778. The van der Waals surface area contributed by atoms with Crippen LogP contribution < -0.4 is 10.1 Å². The van der Waals surface area contributed by atoms with Crippen LogP contribution in [-0.2, 0) is 0 Å². The molecule has 5 heteroatoms. The van der Waals surface area contributed by atoms with Gasteiger partial charge >= 0.3 is 0 Å². The van der Waals surface area contributed by atoms with Gasteiger partial charge in [-0.2, -0.15) is 4.98 Å². The highest BCUT2D eigenvalue weighted by Crippen LogP contribution is 2.25. The van der Waals surface area contributed by atoms with E-state index < -0.39 is 0 Å². The van der Waals surface area contributed by atoms with E-state index in [2.05, 4.69) is 29.1 Å². The largest absolute Gasteiger partial charge is 0.481 e. The molecule has 0 aliphatic rings. The predicted molar refractivity (Wildman–Crippen MR) is 71.9 cm³/mol. The van der Waals surface area contributed by atoms with Crippen LogP contribution >= 0.6 is 0 Å². The van der Waals surface area contributed by atoms with Crippen molar-refractivity contribution in [2.45, 2.75) is 33.6 Å². The lowest BCUT2D eigenvalue weighted by molar-refractivity contribution is 0.127. The second-order valence-electron chi connectivity index (χ2n) is 4.59. The fraction of sp³-hybridized carbons (Fsp3) is 0.692. The maximum atomic E-state index is 9.50.